The van der Waals surface area contributed by atoms with Gasteiger partial charge >= 0.3 is 6.01 Å². The third-order valence-electron chi connectivity index (χ3n) is 3.76. The molecule has 2 aromatic heterocycles. The maximum Gasteiger partial charge on any atom is 0.313 e. The lowest BCUT2D eigenvalue weighted by atomic mass is 10.1. The number of thiazole rings is 1. The molecule has 6 nitrogen and oxygen atoms in total. The molecule has 0 saturated heterocycles. The van der Waals surface area contributed by atoms with Crippen LogP contribution in [-0.2, 0) is 0 Å². The first-order chi connectivity index (χ1) is 12.7. The van der Waals surface area contributed by atoms with Crippen molar-refractivity contribution in [2.75, 3.05) is 12.3 Å². The molecule has 0 saturated carbocycles. The highest BCUT2D eigenvalue weighted by molar-refractivity contribution is 7.13. The molecule has 2 N–H and O–H groups in total. The predicted octanol–water partition coefficient (Wildman–Crippen LogP) is 4.51. The Morgan fingerprint density at radius 3 is 2.58 bits per heavy atom. The van der Waals surface area contributed by atoms with Gasteiger partial charge in [0, 0.05) is 22.1 Å². The van der Waals surface area contributed by atoms with Crippen molar-refractivity contribution in [2.24, 2.45) is 0 Å². The van der Waals surface area contributed by atoms with Gasteiger partial charge in [-0.3, -0.25) is 0 Å². The molecule has 0 bridgehead atoms. The fourth-order valence-electron chi connectivity index (χ4n) is 2.56. The highest BCUT2D eigenvalue weighted by Gasteiger charge is 2.11. The molecule has 4 rings (SSSR count). The minimum Gasteiger partial charge on any atom is -0.494 e. The van der Waals surface area contributed by atoms with Gasteiger partial charge in [-0.1, -0.05) is 17.2 Å². The monoisotopic (exact) mass is 364 g/mol. The zero-order chi connectivity index (χ0) is 17.9. The lowest BCUT2D eigenvalue weighted by Crippen LogP contribution is -1.90. The van der Waals surface area contributed by atoms with Crippen LogP contribution < -0.4 is 10.5 Å². The maximum absolute atomic E-state index is 5.50. The molecule has 0 spiro atoms. The molecule has 0 aliphatic carbocycles. The van der Waals surface area contributed by atoms with E-state index in [2.05, 4.69) is 10.2 Å². The van der Waals surface area contributed by atoms with Crippen molar-refractivity contribution in [3.8, 4) is 39.0 Å². The summed E-state index contributed by atoms with van der Waals surface area (Å²) in [5.41, 5.74) is 9.28. The van der Waals surface area contributed by atoms with Crippen LogP contribution in [0.3, 0.4) is 0 Å². The minimum absolute atomic E-state index is 0.0532. The minimum atomic E-state index is 0.0532. The van der Waals surface area contributed by atoms with Gasteiger partial charge in [-0.05, 0) is 43.3 Å². The molecule has 0 aliphatic heterocycles. The van der Waals surface area contributed by atoms with Gasteiger partial charge in [-0.25, -0.2) is 4.98 Å². The topological polar surface area (TPSA) is 87.1 Å². The molecule has 130 valence electrons. The van der Waals surface area contributed by atoms with E-state index in [0.717, 1.165) is 33.1 Å². The Bertz CT molecular complexity index is 1020. The van der Waals surface area contributed by atoms with Crippen molar-refractivity contribution >= 4 is 17.4 Å². The van der Waals surface area contributed by atoms with Gasteiger partial charge in [0.1, 0.15) is 10.8 Å². The van der Waals surface area contributed by atoms with Crippen molar-refractivity contribution in [1.29, 1.82) is 0 Å². The first-order valence-electron chi connectivity index (χ1n) is 8.11. The lowest BCUT2D eigenvalue weighted by molar-refractivity contribution is 0.340. The Morgan fingerprint density at radius 2 is 1.85 bits per heavy atom. The molecule has 2 heterocycles. The summed E-state index contributed by atoms with van der Waals surface area (Å²) in [6, 6.07) is 15.8. The lowest BCUT2D eigenvalue weighted by Gasteiger charge is -2.03. The standard InChI is InChI=1S/C19H16N4O2S/c1-2-24-15-8-6-12(7-9-15)16-11-26-18(21-16)14-5-3-4-13(10-14)17-22-23-19(20)25-17/h3-11H,2H2,1H3,(H2,20,23). The average molecular weight is 364 g/mol. The number of hydrogen-bond donors (Lipinski definition) is 1. The second kappa shape index (κ2) is 6.97. The Labute approximate surface area is 154 Å². The van der Waals surface area contributed by atoms with Crippen LogP contribution >= 0.6 is 11.3 Å². The van der Waals surface area contributed by atoms with Crippen molar-refractivity contribution in [1.82, 2.24) is 15.2 Å². The Morgan fingerprint density at radius 1 is 1.04 bits per heavy atom. The van der Waals surface area contributed by atoms with E-state index in [1.807, 2.05) is 60.8 Å². The first kappa shape index (κ1) is 16.3. The number of aromatic nitrogens is 3. The number of ether oxygens (including phenoxy) is 1. The number of benzene rings is 2. The third kappa shape index (κ3) is 3.29. The van der Waals surface area contributed by atoms with Crippen molar-refractivity contribution in [3.05, 3.63) is 53.9 Å². The number of anilines is 1. The normalized spacial score (nSPS) is 10.8. The van der Waals surface area contributed by atoms with Crippen LogP contribution in [0.4, 0.5) is 6.01 Å². The van der Waals surface area contributed by atoms with Crippen molar-refractivity contribution in [3.63, 3.8) is 0 Å². The summed E-state index contributed by atoms with van der Waals surface area (Å²) in [5, 5.41) is 10.6. The van der Waals surface area contributed by atoms with Crippen molar-refractivity contribution < 1.29 is 9.15 Å². The SMILES string of the molecule is CCOc1ccc(-c2csc(-c3cccc(-c4nnc(N)o4)c3)n2)cc1. The van der Waals surface area contributed by atoms with Gasteiger partial charge in [0.25, 0.3) is 0 Å². The Balaban J connectivity index is 1.62. The molecule has 26 heavy (non-hydrogen) atoms. The molecule has 4 aromatic rings. The molecule has 0 unspecified atom stereocenters. The first-order valence-corrected chi connectivity index (χ1v) is 8.99. The van der Waals surface area contributed by atoms with E-state index < -0.39 is 0 Å². The second-order valence-electron chi connectivity index (χ2n) is 5.52. The fraction of sp³-hybridized carbons (Fsp3) is 0.105. The van der Waals surface area contributed by atoms with Crippen LogP contribution in [0.25, 0.3) is 33.3 Å². The second-order valence-corrected chi connectivity index (χ2v) is 6.38. The molecule has 2 aromatic carbocycles. The molecule has 7 heteroatoms. The maximum atomic E-state index is 5.50. The highest BCUT2D eigenvalue weighted by atomic mass is 32.1. The van der Waals surface area contributed by atoms with Crippen LogP contribution in [-0.4, -0.2) is 21.8 Å². The van der Waals surface area contributed by atoms with Crippen LogP contribution in [0.1, 0.15) is 6.92 Å². The Hall–Kier alpha value is -3.19. The third-order valence-corrected chi connectivity index (χ3v) is 4.65. The van der Waals surface area contributed by atoms with Gasteiger partial charge in [0.2, 0.25) is 5.89 Å². The molecular weight excluding hydrogens is 348 g/mol. The molecule has 0 aliphatic rings. The van der Waals surface area contributed by atoms with E-state index in [4.69, 9.17) is 19.9 Å². The van der Waals surface area contributed by atoms with Gasteiger partial charge in [-0.15, -0.1) is 16.4 Å². The molecule has 0 radical (unpaired) electrons. The zero-order valence-electron chi connectivity index (χ0n) is 14.0. The van der Waals surface area contributed by atoms with E-state index in [0.29, 0.717) is 12.5 Å². The molecular formula is C19H16N4O2S. The van der Waals surface area contributed by atoms with Crippen LogP contribution in [0.15, 0.2) is 58.3 Å². The predicted molar refractivity (Wildman–Crippen MR) is 102 cm³/mol. The van der Waals surface area contributed by atoms with Gasteiger partial charge in [-0.2, -0.15) is 0 Å². The summed E-state index contributed by atoms with van der Waals surface area (Å²) in [7, 11) is 0. The van der Waals surface area contributed by atoms with Gasteiger partial charge in [0.05, 0.1) is 12.3 Å². The molecule has 0 amide bonds. The summed E-state index contributed by atoms with van der Waals surface area (Å²) in [5.74, 6) is 1.26. The smallest absolute Gasteiger partial charge is 0.313 e. The van der Waals surface area contributed by atoms with E-state index in [1.54, 1.807) is 11.3 Å². The number of nitrogen functional groups attached to an aromatic ring is 1. The van der Waals surface area contributed by atoms with Crippen LogP contribution in [0, 0.1) is 0 Å². The van der Waals surface area contributed by atoms with Crippen LogP contribution in [0.2, 0.25) is 0 Å². The average Bonchev–Trinajstić information content (AvgIpc) is 3.32. The van der Waals surface area contributed by atoms with E-state index in [-0.39, 0.29) is 6.01 Å². The van der Waals surface area contributed by atoms with Gasteiger partial charge in [0.15, 0.2) is 0 Å². The summed E-state index contributed by atoms with van der Waals surface area (Å²) < 4.78 is 10.8. The van der Waals surface area contributed by atoms with Crippen LogP contribution in [0.5, 0.6) is 5.75 Å². The quantitative estimate of drug-likeness (QED) is 0.561. The fourth-order valence-corrected chi connectivity index (χ4v) is 3.39. The van der Waals surface area contributed by atoms with Crippen molar-refractivity contribution in [2.45, 2.75) is 6.92 Å². The summed E-state index contributed by atoms with van der Waals surface area (Å²) in [6.45, 7) is 2.62. The molecule has 0 atom stereocenters. The largest absolute Gasteiger partial charge is 0.494 e. The van der Waals surface area contributed by atoms with E-state index >= 15 is 0 Å². The summed E-state index contributed by atoms with van der Waals surface area (Å²) >= 11 is 1.59. The number of nitrogens with zero attached hydrogens (tertiary/aromatic N) is 3. The highest BCUT2D eigenvalue weighted by Crippen LogP contribution is 2.31. The number of nitrogens with two attached hydrogens (primary N) is 1. The summed E-state index contributed by atoms with van der Waals surface area (Å²) in [4.78, 5) is 4.75. The van der Waals surface area contributed by atoms with Gasteiger partial charge < -0.3 is 14.9 Å². The zero-order valence-corrected chi connectivity index (χ0v) is 14.9. The van der Waals surface area contributed by atoms with E-state index in [9.17, 15) is 0 Å². The number of rotatable bonds is 5. The molecule has 0 fully saturated rings. The summed E-state index contributed by atoms with van der Waals surface area (Å²) in [6.07, 6.45) is 0. The Kier molecular flexibility index (Phi) is 4.37. The number of hydrogen-bond acceptors (Lipinski definition) is 7. The van der Waals surface area contributed by atoms with E-state index in [1.165, 1.54) is 0 Å².